The van der Waals surface area contributed by atoms with E-state index >= 15 is 0 Å². The molecule has 1 fully saturated rings. The van der Waals surface area contributed by atoms with E-state index in [0.29, 0.717) is 23.1 Å². The Bertz CT molecular complexity index is 1150. The second kappa shape index (κ2) is 10.1. The summed E-state index contributed by atoms with van der Waals surface area (Å²) in [6.07, 6.45) is -0.389. The molecule has 0 spiro atoms. The highest BCUT2D eigenvalue weighted by molar-refractivity contribution is 6.30. The molecule has 1 aliphatic heterocycles. The van der Waals surface area contributed by atoms with Crippen molar-refractivity contribution in [1.82, 2.24) is 9.91 Å². The summed E-state index contributed by atoms with van der Waals surface area (Å²) in [6.45, 7) is 2.75. The van der Waals surface area contributed by atoms with Crippen LogP contribution in [-0.4, -0.2) is 42.3 Å². The Morgan fingerprint density at radius 1 is 1.00 bits per heavy atom. The lowest BCUT2D eigenvalue weighted by molar-refractivity contribution is -0.128. The van der Waals surface area contributed by atoms with Gasteiger partial charge in [-0.15, -0.1) is 0 Å². The van der Waals surface area contributed by atoms with Gasteiger partial charge in [0.05, 0.1) is 26.5 Å². The Labute approximate surface area is 199 Å². The molecule has 1 heterocycles. The highest BCUT2D eigenvalue weighted by Gasteiger charge is 2.39. The molecule has 7 heteroatoms. The summed E-state index contributed by atoms with van der Waals surface area (Å²) >= 11 is 6.03. The van der Waals surface area contributed by atoms with E-state index in [1.54, 1.807) is 19.2 Å². The van der Waals surface area contributed by atoms with Gasteiger partial charge in [0, 0.05) is 11.6 Å². The van der Waals surface area contributed by atoms with Gasteiger partial charge in [-0.2, -0.15) is 5.10 Å². The number of halogens is 1. The minimum atomic E-state index is -0.389. The van der Waals surface area contributed by atoms with Crippen molar-refractivity contribution in [3.8, 4) is 11.5 Å². The van der Waals surface area contributed by atoms with Gasteiger partial charge in [0.2, 0.25) is 0 Å². The Morgan fingerprint density at radius 3 is 2.36 bits per heavy atom. The molecule has 170 valence electrons. The predicted octanol–water partition coefficient (Wildman–Crippen LogP) is 5.12. The fourth-order valence-corrected chi connectivity index (χ4v) is 4.10. The summed E-state index contributed by atoms with van der Waals surface area (Å²) in [4.78, 5) is 15.3. The molecule has 33 heavy (non-hydrogen) atoms. The largest absolute Gasteiger partial charge is 0.493 e. The van der Waals surface area contributed by atoms with Crippen molar-refractivity contribution in [2.45, 2.75) is 19.6 Å². The molecule has 0 N–H and O–H groups in total. The second-order valence-electron chi connectivity index (χ2n) is 7.81. The van der Waals surface area contributed by atoms with Crippen LogP contribution in [0, 0.1) is 0 Å². The Hall–Kier alpha value is -3.35. The van der Waals surface area contributed by atoms with Crippen LogP contribution >= 0.6 is 11.6 Å². The van der Waals surface area contributed by atoms with Gasteiger partial charge in [0.1, 0.15) is 6.17 Å². The van der Waals surface area contributed by atoms with Crippen LogP contribution in [0.2, 0.25) is 5.02 Å². The molecule has 3 aromatic rings. The summed E-state index contributed by atoms with van der Waals surface area (Å²) in [6, 6.07) is 23.2. The molecule has 6 nitrogen and oxygen atoms in total. The van der Waals surface area contributed by atoms with Crippen LogP contribution in [0.15, 0.2) is 77.9 Å². The van der Waals surface area contributed by atoms with E-state index in [9.17, 15) is 4.79 Å². The normalized spacial score (nSPS) is 16.8. The molecule has 0 aromatic heterocycles. The first-order valence-corrected chi connectivity index (χ1v) is 11.0. The van der Waals surface area contributed by atoms with E-state index in [4.69, 9.17) is 26.2 Å². The monoisotopic (exact) mass is 463 g/mol. The minimum Gasteiger partial charge on any atom is -0.493 e. The van der Waals surface area contributed by atoms with Gasteiger partial charge in [-0.25, -0.2) is 5.01 Å². The van der Waals surface area contributed by atoms with E-state index in [0.717, 1.165) is 22.4 Å². The van der Waals surface area contributed by atoms with Gasteiger partial charge in [-0.3, -0.25) is 9.69 Å². The molecule has 3 aromatic carbocycles. The van der Waals surface area contributed by atoms with Crippen LogP contribution in [0.25, 0.3) is 0 Å². The Balaban J connectivity index is 1.74. The number of methoxy groups -OCH3 is 2. The SMILES string of the molecule is COc1ccc([C@@H]2N(Cc3ccccc3)CC(=O)N2/N=C(/C)c2ccc(Cl)cc2)cc1OC. The van der Waals surface area contributed by atoms with Crippen molar-refractivity contribution in [2.24, 2.45) is 5.10 Å². The molecule has 0 unspecified atom stereocenters. The van der Waals surface area contributed by atoms with Gasteiger partial charge >= 0.3 is 0 Å². The third-order valence-corrected chi connectivity index (χ3v) is 5.88. The van der Waals surface area contributed by atoms with Crippen LogP contribution in [0.5, 0.6) is 11.5 Å². The Kier molecular flexibility index (Phi) is 6.96. The van der Waals surface area contributed by atoms with Crippen molar-refractivity contribution in [3.05, 3.63) is 94.5 Å². The minimum absolute atomic E-state index is 0.0703. The molecule has 1 amide bonds. The number of benzene rings is 3. The van der Waals surface area contributed by atoms with Crippen LogP contribution < -0.4 is 9.47 Å². The highest BCUT2D eigenvalue weighted by atomic mass is 35.5. The van der Waals surface area contributed by atoms with Crippen LogP contribution in [-0.2, 0) is 11.3 Å². The first kappa shape index (κ1) is 22.8. The lowest BCUT2D eigenvalue weighted by Gasteiger charge is -2.28. The second-order valence-corrected chi connectivity index (χ2v) is 8.25. The zero-order chi connectivity index (χ0) is 23.4. The van der Waals surface area contributed by atoms with E-state index in [-0.39, 0.29) is 18.6 Å². The number of hydrazone groups is 1. The number of rotatable bonds is 7. The summed E-state index contributed by atoms with van der Waals surface area (Å²) in [5, 5.41) is 6.97. The van der Waals surface area contributed by atoms with E-state index in [1.807, 2.05) is 67.6 Å². The average molecular weight is 464 g/mol. The molecular weight excluding hydrogens is 438 g/mol. The molecule has 4 rings (SSSR count). The fraction of sp³-hybridized carbons (Fsp3) is 0.231. The molecule has 0 saturated carbocycles. The first-order valence-electron chi connectivity index (χ1n) is 10.6. The van der Waals surface area contributed by atoms with Gasteiger partial charge in [-0.05, 0) is 47.9 Å². The summed E-state index contributed by atoms with van der Waals surface area (Å²) in [7, 11) is 3.20. The molecule has 1 saturated heterocycles. The van der Waals surface area contributed by atoms with E-state index in [2.05, 4.69) is 17.0 Å². The average Bonchev–Trinajstić information content (AvgIpc) is 3.13. The zero-order valence-electron chi connectivity index (χ0n) is 18.9. The van der Waals surface area contributed by atoms with Gasteiger partial charge in [0.25, 0.3) is 5.91 Å². The topological polar surface area (TPSA) is 54.4 Å². The maximum atomic E-state index is 13.2. The van der Waals surface area contributed by atoms with Gasteiger partial charge in [0.15, 0.2) is 11.5 Å². The third-order valence-electron chi connectivity index (χ3n) is 5.63. The third kappa shape index (κ3) is 5.02. The number of carbonyl (C=O) groups is 1. The van der Waals surface area contributed by atoms with Gasteiger partial charge in [-0.1, -0.05) is 60.1 Å². The fourth-order valence-electron chi connectivity index (χ4n) is 3.97. The first-order chi connectivity index (χ1) is 16.0. The molecular formula is C26H26ClN3O3. The van der Waals surface area contributed by atoms with E-state index in [1.165, 1.54) is 0 Å². The summed E-state index contributed by atoms with van der Waals surface area (Å²) in [5.41, 5.74) is 3.64. The Morgan fingerprint density at radius 2 is 1.70 bits per heavy atom. The van der Waals surface area contributed by atoms with E-state index < -0.39 is 0 Å². The summed E-state index contributed by atoms with van der Waals surface area (Å²) in [5.74, 6) is 1.17. The van der Waals surface area contributed by atoms with Gasteiger partial charge < -0.3 is 9.47 Å². The molecule has 0 radical (unpaired) electrons. The summed E-state index contributed by atoms with van der Waals surface area (Å²) < 4.78 is 10.9. The van der Waals surface area contributed by atoms with Crippen molar-refractivity contribution < 1.29 is 14.3 Å². The molecule has 0 aliphatic carbocycles. The number of ether oxygens (including phenoxy) is 2. The highest BCUT2D eigenvalue weighted by Crippen LogP contribution is 2.37. The smallest absolute Gasteiger partial charge is 0.258 e. The quantitative estimate of drug-likeness (QED) is 0.456. The lowest BCUT2D eigenvalue weighted by atomic mass is 10.1. The maximum Gasteiger partial charge on any atom is 0.258 e. The van der Waals surface area contributed by atoms with Crippen LogP contribution in [0.3, 0.4) is 0 Å². The number of hydrogen-bond acceptors (Lipinski definition) is 5. The number of nitrogens with zero attached hydrogens (tertiary/aromatic N) is 3. The van der Waals surface area contributed by atoms with Crippen LogP contribution in [0.4, 0.5) is 0 Å². The van der Waals surface area contributed by atoms with Crippen molar-refractivity contribution >= 4 is 23.2 Å². The number of carbonyl (C=O) groups excluding carboxylic acids is 1. The maximum absolute atomic E-state index is 13.2. The number of amides is 1. The van der Waals surface area contributed by atoms with Crippen LogP contribution in [0.1, 0.15) is 29.8 Å². The molecule has 1 aliphatic rings. The standard InChI is InChI=1S/C26H26ClN3O3/c1-18(20-9-12-22(27)13-10-20)28-30-25(31)17-29(16-19-7-5-4-6-8-19)26(30)21-11-14-23(32-2)24(15-21)33-3/h4-15,26H,16-17H2,1-3H3/b28-18-/t26-/m1/s1. The predicted molar refractivity (Wildman–Crippen MR) is 130 cm³/mol. The van der Waals surface area contributed by atoms with Crippen molar-refractivity contribution in [3.63, 3.8) is 0 Å². The number of hydrogen-bond donors (Lipinski definition) is 0. The van der Waals surface area contributed by atoms with Crippen molar-refractivity contribution in [2.75, 3.05) is 20.8 Å². The lowest BCUT2D eigenvalue weighted by Crippen LogP contribution is -2.29. The zero-order valence-corrected chi connectivity index (χ0v) is 19.6. The van der Waals surface area contributed by atoms with Crippen molar-refractivity contribution in [1.29, 1.82) is 0 Å². The molecule has 0 bridgehead atoms. The molecule has 1 atom stereocenters.